The maximum atomic E-state index is 2.45. The van der Waals surface area contributed by atoms with Gasteiger partial charge in [0.25, 0.3) is 0 Å². The summed E-state index contributed by atoms with van der Waals surface area (Å²) < 4.78 is 0. The number of rotatable bonds is 6. The molecule has 0 fully saturated rings. The molecule has 0 N–H and O–H groups in total. The quantitative estimate of drug-likeness (QED) is 0.410. The van der Waals surface area contributed by atoms with E-state index in [1.807, 2.05) is 0 Å². The molecule has 13 heavy (non-hydrogen) atoms. The third-order valence-corrected chi connectivity index (χ3v) is 3.03. The van der Waals surface area contributed by atoms with Crippen LogP contribution >= 0.6 is 0 Å². The molecule has 1 rings (SSSR count). The molecule has 0 radical (unpaired) electrons. The normalized spacial score (nSPS) is 22.1. The molecule has 76 valence electrons. The van der Waals surface area contributed by atoms with Crippen molar-refractivity contribution in [1.82, 2.24) is 0 Å². The van der Waals surface area contributed by atoms with Crippen molar-refractivity contribution in [1.29, 1.82) is 0 Å². The number of allylic oxidation sites excluding steroid dienone is 2. The van der Waals surface area contributed by atoms with Crippen LogP contribution in [0.2, 0.25) is 0 Å². The van der Waals surface area contributed by atoms with E-state index in [4.69, 9.17) is 0 Å². The molecule has 1 aliphatic rings. The van der Waals surface area contributed by atoms with E-state index >= 15 is 0 Å². The Balaban J connectivity index is 1.92. The van der Waals surface area contributed by atoms with Crippen LogP contribution in [0.1, 0.15) is 64.7 Å². The minimum atomic E-state index is 0.926. The molecular weight excluding hydrogens is 156 g/mol. The predicted octanol–water partition coefficient (Wildman–Crippen LogP) is 4.70. The standard InChI is InChI=1S/C13H24/c1-2-3-4-5-7-10-13-11-8-6-9-12-13/h8,11,13H,2-7,9-10,12H2,1H3. The Hall–Kier alpha value is -0.260. The Morgan fingerprint density at radius 2 is 2.00 bits per heavy atom. The van der Waals surface area contributed by atoms with Gasteiger partial charge in [-0.15, -0.1) is 0 Å². The molecule has 0 aromatic carbocycles. The molecule has 0 spiro atoms. The first-order valence-corrected chi connectivity index (χ1v) is 6.10. The summed E-state index contributed by atoms with van der Waals surface area (Å²) in [5, 5.41) is 0. The lowest BCUT2D eigenvalue weighted by molar-refractivity contribution is 0.471. The van der Waals surface area contributed by atoms with E-state index in [1.165, 1.54) is 57.8 Å². The van der Waals surface area contributed by atoms with Crippen LogP contribution in [0.4, 0.5) is 0 Å². The van der Waals surface area contributed by atoms with Gasteiger partial charge < -0.3 is 0 Å². The summed E-state index contributed by atoms with van der Waals surface area (Å²) in [6.07, 6.45) is 17.6. The highest BCUT2D eigenvalue weighted by atomic mass is 14.1. The summed E-state index contributed by atoms with van der Waals surface area (Å²) in [7, 11) is 0. The maximum Gasteiger partial charge on any atom is -0.0233 e. The zero-order chi connectivity index (χ0) is 9.36. The third kappa shape index (κ3) is 5.13. The van der Waals surface area contributed by atoms with E-state index in [9.17, 15) is 0 Å². The summed E-state index contributed by atoms with van der Waals surface area (Å²) in [4.78, 5) is 0. The van der Waals surface area contributed by atoms with Crippen LogP contribution in [0.3, 0.4) is 0 Å². The van der Waals surface area contributed by atoms with Crippen LogP contribution in [0.15, 0.2) is 12.2 Å². The second-order valence-corrected chi connectivity index (χ2v) is 4.32. The highest BCUT2D eigenvalue weighted by Gasteiger charge is 2.06. The van der Waals surface area contributed by atoms with Crippen molar-refractivity contribution in [3.05, 3.63) is 12.2 Å². The fourth-order valence-corrected chi connectivity index (χ4v) is 2.13. The second kappa shape index (κ2) is 7.17. The Bertz CT molecular complexity index is 135. The lowest BCUT2D eigenvalue weighted by Crippen LogP contribution is -2.00. The first kappa shape index (κ1) is 10.8. The third-order valence-electron chi connectivity index (χ3n) is 3.03. The van der Waals surface area contributed by atoms with Crippen LogP contribution < -0.4 is 0 Å². The zero-order valence-corrected chi connectivity index (χ0v) is 9.10. The number of unbranched alkanes of at least 4 members (excludes halogenated alkanes) is 4. The van der Waals surface area contributed by atoms with E-state index in [0.29, 0.717) is 0 Å². The van der Waals surface area contributed by atoms with Gasteiger partial charge in [0.15, 0.2) is 0 Å². The molecule has 0 heteroatoms. The van der Waals surface area contributed by atoms with Gasteiger partial charge in [-0.25, -0.2) is 0 Å². The molecule has 0 aliphatic heterocycles. The highest BCUT2D eigenvalue weighted by molar-refractivity contribution is 4.92. The molecule has 0 aromatic rings. The number of hydrogen-bond acceptors (Lipinski definition) is 0. The minimum Gasteiger partial charge on any atom is -0.0883 e. The fraction of sp³-hybridized carbons (Fsp3) is 0.846. The first-order chi connectivity index (χ1) is 6.43. The molecule has 0 aromatic heterocycles. The SMILES string of the molecule is CCCCCCCC1C=CCCC1. The van der Waals surface area contributed by atoms with Crippen molar-refractivity contribution in [3.8, 4) is 0 Å². The van der Waals surface area contributed by atoms with E-state index in [0.717, 1.165) is 5.92 Å². The van der Waals surface area contributed by atoms with Crippen LogP contribution in [0, 0.1) is 5.92 Å². The van der Waals surface area contributed by atoms with Gasteiger partial charge >= 0.3 is 0 Å². The lowest BCUT2D eigenvalue weighted by Gasteiger charge is -2.15. The fourth-order valence-electron chi connectivity index (χ4n) is 2.13. The van der Waals surface area contributed by atoms with Gasteiger partial charge in [0.2, 0.25) is 0 Å². The smallest absolute Gasteiger partial charge is 0.0233 e. The molecule has 0 saturated heterocycles. The van der Waals surface area contributed by atoms with Gasteiger partial charge in [0, 0.05) is 0 Å². The van der Waals surface area contributed by atoms with Gasteiger partial charge in [0.05, 0.1) is 0 Å². The summed E-state index contributed by atoms with van der Waals surface area (Å²) in [6, 6.07) is 0. The van der Waals surface area contributed by atoms with Gasteiger partial charge in [-0.1, -0.05) is 51.2 Å². The van der Waals surface area contributed by atoms with Crippen molar-refractivity contribution in [2.24, 2.45) is 5.92 Å². The highest BCUT2D eigenvalue weighted by Crippen LogP contribution is 2.22. The summed E-state index contributed by atoms with van der Waals surface area (Å²) in [5.41, 5.74) is 0. The van der Waals surface area contributed by atoms with Crippen molar-refractivity contribution in [2.75, 3.05) is 0 Å². The van der Waals surface area contributed by atoms with Gasteiger partial charge in [0.1, 0.15) is 0 Å². The summed E-state index contributed by atoms with van der Waals surface area (Å²) in [5.74, 6) is 0.926. The first-order valence-electron chi connectivity index (χ1n) is 6.10. The Kier molecular flexibility index (Phi) is 5.97. The lowest BCUT2D eigenvalue weighted by atomic mass is 9.91. The average molecular weight is 180 g/mol. The second-order valence-electron chi connectivity index (χ2n) is 4.32. The summed E-state index contributed by atoms with van der Waals surface area (Å²) >= 11 is 0. The monoisotopic (exact) mass is 180 g/mol. The molecule has 0 heterocycles. The molecule has 0 nitrogen and oxygen atoms in total. The summed E-state index contributed by atoms with van der Waals surface area (Å²) in [6.45, 7) is 2.28. The molecule has 1 atom stereocenters. The molecular formula is C13H24. The van der Waals surface area contributed by atoms with E-state index in [-0.39, 0.29) is 0 Å². The van der Waals surface area contributed by atoms with E-state index in [2.05, 4.69) is 19.1 Å². The molecule has 1 unspecified atom stereocenters. The number of hydrogen-bond donors (Lipinski definition) is 0. The topological polar surface area (TPSA) is 0 Å². The maximum absolute atomic E-state index is 2.45. The molecule has 0 amide bonds. The van der Waals surface area contributed by atoms with Gasteiger partial charge in [-0.3, -0.25) is 0 Å². The molecule has 1 aliphatic carbocycles. The molecule has 0 bridgehead atoms. The van der Waals surface area contributed by atoms with Crippen molar-refractivity contribution in [3.63, 3.8) is 0 Å². The van der Waals surface area contributed by atoms with Crippen LogP contribution in [0.25, 0.3) is 0 Å². The van der Waals surface area contributed by atoms with Crippen LogP contribution in [-0.4, -0.2) is 0 Å². The van der Waals surface area contributed by atoms with Crippen molar-refractivity contribution < 1.29 is 0 Å². The predicted molar refractivity (Wildman–Crippen MR) is 59.9 cm³/mol. The van der Waals surface area contributed by atoms with E-state index < -0.39 is 0 Å². The Morgan fingerprint density at radius 1 is 1.15 bits per heavy atom. The van der Waals surface area contributed by atoms with Crippen molar-refractivity contribution >= 4 is 0 Å². The van der Waals surface area contributed by atoms with Gasteiger partial charge in [-0.05, 0) is 31.6 Å². The Morgan fingerprint density at radius 3 is 2.69 bits per heavy atom. The zero-order valence-electron chi connectivity index (χ0n) is 9.10. The largest absolute Gasteiger partial charge is 0.0883 e. The molecule has 0 saturated carbocycles. The minimum absolute atomic E-state index is 0.926. The van der Waals surface area contributed by atoms with Crippen molar-refractivity contribution in [2.45, 2.75) is 64.7 Å². The Labute approximate surface area is 83.4 Å². The van der Waals surface area contributed by atoms with E-state index in [1.54, 1.807) is 0 Å². The van der Waals surface area contributed by atoms with Gasteiger partial charge in [-0.2, -0.15) is 0 Å². The average Bonchev–Trinajstić information content (AvgIpc) is 2.19. The van der Waals surface area contributed by atoms with Crippen LogP contribution in [-0.2, 0) is 0 Å². The van der Waals surface area contributed by atoms with Crippen LogP contribution in [0.5, 0.6) is 0 Å².